The van der Waals surface area contributed by atoms with Crippen LogP contribution in [0.15, 0.2) is 24.3 Å². The second-order valence-corrected chi connectivity index (χ2v) is 6.01. The van der Waals surface area contributed by atoms with Gasteiger partial charge in [-0.1, -0.05) is 19.1 Å². The lowest BCUT2D eigenvalue weighted by Gasteiger charge is -2.26. The number of piperidine rings is 1. The summed E-state index contributed by atoms with van der Waals surface area (Å²) in [5.74, 6) is 1.19. The number of anilines is 1. The Morgan fingerprint density at radius 3 is 2.91 bits per heavy atom. The summed E-state index contributed by atoms with van der Waals surface area (Å²) < 4.78 is 13.5. The Balaban J connectivity index is 1.96. The maximum atomic E-state index is 13.5. The van der Waals surface area contributed by atoms with Crippen molar-refractivity contribution in [2.45, 2.75) is 39.2 Å². The van der Waals surface area contributed by atoms with Crippen molar-refractivity contribution >= 4 is 5.82 Å². The Labute approximate surface area is 136 Å². The Bertz CT molecular complexity index is 681. The first kappa shape index (κ1) is 15.9. The van der Waals surface area contributed by atoms with Crippen molar-refractivity contribution in [3.05, 3.63) is 41.3 Å². The molecule has 2 heterocycles. The van der Waals surface area contributed by atoms with Crippen molar-refractivity contribution in [3.63, 3.8) is 0 Å². The molecule has 0 aliphatic carbocycles. The number of nitrogens with zero attached hydrogens (tertiary/aromatic N) is 2. The van der Waals surface area contributed by atoms with Gasteiger partial charge in [0, 0.05) is 29.4 Å². The number of hydrogen-bond acceptors (Lipinski definition) is 4. The highest BCUT2D eigenvalue weighted by Gasteiger charge is 2.17. The number of aromatic nitrogens is 2. The summed E-state index contributed by atoms with van der Waals surface area (Å²) in [5, 5.41) is 6.96. The molecule has 1 aliphatic heterocycles. The van der Waals surface area contributed by atoms with Crippen LogP contribution in [0, 0.1) is 12.7 Å². The predicted octanol–water partition coefficient (Wildman–Crippen LogP) is 3.32. The van der Waals surface area contributed by atoms with E-state index in [-0.39, 0.29) is 5.82 Å². The Hall–Kier alpha value is -2.01. The molecule has 1 aromatic carbocycles. The van der Waals surface area contributed by atoms with E-state index in [0.717, 1.165) is 43.0 Å². The first-order chi connectivity index (χ1) is 11.2. The molecule has 5 heteroatoms. The van der Waals surface area contributed by atoms with Crippen molar-refractivity contribution in [1.29, 1.82) is 0 Å². The Morgan fingerprint density at radius 2 is 2.22 bits per heavy atom. The first-order valence-electron chi connectivity index (χ1n) is 8.28. The van der Waals surface area contributed by atoms with Gasteiger partial charge in [0.15, 0.2) is 5.82 Å². The summed E-state index contributed by atoms with van der Waals surface area (Å²) in [6.45, 7) is 6.13. The zero-order valence-electron chi connectivity index (χ0n) is 13.7. The molecule has 0 saturated carbocycles. The maximum Gasteiger partial charge on any atom is 0.161 e. The minimum absolute atomic E-state index is 0.269. The van der Waals surface area contributed by atoms with Gasteiger partial charge in [0.25, 0.3) is 0 Å². The third-order valence-corrected chi connectivity index (χ3v) is 4.29. The molecular formula is C18H23FN4. The van der Waals surface area contributed by atoms with Crippen molar-refractivity contribution in [1.82, 2.24) is 15.3 Å². The first-order valence-corrected chi connectivity index (χ1v) is 8.28. The summed E-state index contributed by atoms with van der Waals surface area (Å²) >= 11 is 0. The fourth-order valence-electron chi connectivity index (χ4n) is 3.06. The third kappa shape index (κ3) is 3.67. The van der Waals surface area contributed by atoms with Crippen LogP contribution >= 0.6 is 0 Å². The van der Waals surface area contributed by atoms with Gasteiger partial charge < -0.3 is 10.6 Å². The number of halogens is 1. The van der Waals surface area contributed by atoms with E-state index in [1.165, 1.54) is 18.6 Å². The highest BCUT2D eigenvalue weighted by Crippen LogP contribution is 2.24. The molecule has 0 spiro atoms. The molecule has 0 amide bonds. The topological polar surface area (TPSA) is 49.8 Å². The molecular weight excluding hydrogens is 291 g/mol. The highest BCUT2D eigenvalue weighted by molar-refractivity contribution is 5.60. The smallest absolute Gasteiger partial charge is 0.161 e. The zero-order chi connectivity index (χ0) is 16.2. The summed E-state index contributed by atoms with van der Waals surface area (Å²) in [5.41, 5.74) is 2.80. The molecule has 1 aromatic heterocycles. The lowest BCUT2D eigenvalue weighted by Crippen LogP contribution is -2.39. The summed E-state index contributed by atoms with van der Waals surface area (Å²) in [6, 6.07) is 6.82. The van der Waals surface area contributed by atoms with E-state index in [9.17, 15) is 4.39 Å². The fourth-order valence-corrected chi connectivity index (χ4v) is 3.06. The molecule has 1 saturated heterocycles. The molecule has 1 atom stereocenters. The van der Waals surface area contributed by atoms with E-state index < -0.39 is 0 Å². The van der Waals surface area contributed by atoms with Crippen molar-refractivity contribution in [3.8, 4) is 11.4 Å². The average molecular weight is 314 g/mol. The van der Waals surface area contributed by atoms with E-state index in [0.29, 0.717) is 17.4 Å². The average Bonchev–Trinajstić information content (AvgIpc) is 2.55. The van der Waals surface area contributed by atoms with Crippen LogP contribution in [0.1, 0.15) is 31.0 Å². The van der Waals surface area contributed by atoms with Crippen LogP contribution in [0.5, 0.6) is 0 Å². The quantitative estimate of drug-likeness (QED) is 0.909. The minimum Gasteiger partial charge on any atom is -0.366 e. The van der Waals surface area contributed by atoms with Crippen molar-refractivity contribution in [2.24, 2.45) is 0 Å². The summed E-state index contributed by atoms with van der Waals surface area (Å²) in [4.78, 5) is 9.27. The normalized spacial score (nSPS) is 18.0. The molecule has 0 radical (unpaired) electrons. The van der Waals surface area contributed by atoms with Gasteiger partial charge in [0.05, 0.1) is 0 Å². The molecule has 3 rings (SSSR count). The minimum atomic E-state index is -0.269. The van der Waals surface area contributed by atoms with Crippen molar-refractivity contribution < 1.29 is 4.39 Å². The molecule has 2 aromatic rings. The SMILES string of the molecule is CCc1c(C)nc(-c2cccc(F)c2)nc1NC1CCCNC1. The van der Waals surface area contributed by atoms with Crippen LogP contribution in [0.3, 0.4) is 0 Å². The molecule has 1 unspecified atom stereocenters. The largest absolute Gasteiger partial charge is 0.366 e. The molecule has 1 aliphatic rings. The fraction of sp³-hybridized carbons (Fsp3) is 0.444. The summed E-state index contributed by atoms with van der Waals surface area (Å²) in [7, 11) is 0. The second kappa shape index (κ2) is 7.04. The van der Waals surface area contributed by atoms with Gasteiger partial charge in [0.2, 0.25) is 0 Å². The van der Waals surface area contributed by atoms with E-state index in [1.54, 1.807) is 6.07 Å². The number of benzene rings is 1. The van der Waals surface area contributed by atoms with E-state index in [4.69, 9.17) is 4.98 Å². The molecule has 1 fully saturated rings. The maximum absolute atomic E-state index is 13.5. The van der Waals surface area contributed by atoms with Crippen molar-refractivity contribution in [2.75, 3.05) is 18.4 Å². The van der Waals surface area contributed by atoms with Gasteiger partial charge in [0.1, 0.15) is 11.6 Å². The van der Waals surface area contributed by atoms with Crippen LogP contribution in [0.25, 0.3) is 11.4 Å². The van der Waals surface area contributed by atoms with Crippen LogP contribution in [-0.4, -0.2) is 29.1 Å². The van der Waals surface area contributed by atoms with Gasteiger partial charge in [-0.15, -0.1) is 0 Å². The number of aryl methyl sites for hydroxylation is 1. The Kier molecular flexibility index (Phi) is 4.86. The standard InChI is InChI=1S/C18H23FN4/c1-3-16-12(2)21-17(13-6-4-7-14(19)10-13)23-18(16)22-15-8-5-9-20-11-15/h4,6-7,10,15,20H,3,5,8-9,11H2,1-2H3,(H,21,22,23). The van der Waals surface area contributed by atoms with Crippen LogP contribution < -0.4 is 10.6 Å². The third-order valence-electron chi connectivity index (χ3n) is 4.29. The number of rotatable bonds is 4. The number of nitrogens with one attached hydrogen (secondary N) is 2. The van der Waals surface area contributed by atoms with Crippen LogP contribution in [0.2, 0.25) is 0 Å². The summed E-state index contributed by atoms with van der Waals surface area (Å²) in [6.07, 6.45) is 3.17. The lowest BCUT2D eigenvalue weighted by atomic mass is 10.1. The number of hydrogen-bond donors (Lipinski definition) is 2. The van der Waals surface area contributed by atoms with E-state index in [1.807, 2.05) is 13.0 Å². The highest BCUT2D eigenvalue weighted by atomic mass is 19.1. The lowest BCUT2D eigenvalue weighted by molar-refractivity contribution is 0.478. The molecule has 0 bridgehead atoms. The van der Waals surface area contributed by atoms with Crippen LogP contribution in [0.4, 0.5) is 10.2 Å². The van der Waals surface area contributed by atoms with E-state index >= 15 is 0 Å². The zero-order valence-corrected chi connectivity index (χ0v) is 13.7. The van der Waals surface area contributed by atoms with Gasteiger partial charge in [-0.05, 0) is 44.9 Å². The predicted molar refractivity (Wildman–Crippen MR) is 91.1 cm³/mol. The molecule has 122 valence electrons. The van der Waals surface area contributed by atoms with E-state index in [2.05, 4.69) is 22.5 Å². The Morgan fingerprint density at radius 1 is 1.35 bits per heavy atom. The molecule has 23 heavy (non-hydrogen) atoms. The molecule has 4 nitrogen and oxygen atoms in total. The van der Waals surface area contributed by atoms with Gasteiger partial charge in [-0.25, -0.2) is 14.4 Å². The van der Waals surface area contributed by atoms with Gasteiger partial charge in [-0.3, -0.25) is 0 Å². The second-order valence-electron chi connectivity index (χ2n) is 6.01. The van der Waals surface area contributed by atoms with Gasteiger partial charge in [-0.2, -0.15) is 0 Å². The van der Waals surface area contributed by atoms with Gasteiger partial charge >= 0.3 is 0 Å². The van der Waals surface area contributed by atoms with Crippen LogP contribution in [-0.2, 0) is 6.42 Å². The molecule has 2 N–H and O–H groups in total. The monoisotopic (exact) mass is 314 g/mol.